The Kier molecular flexibility index (Phi) is 4.04. The molecule has 0 aromatic heterocycles. The Morgan fingerprint density at radius 2 is 2.50 bits per heavy atom. The molecule has 0 saturated heterocycles. The van der Waals surface area contributed by atoms with E-state index in [2.05, 4.69) is 12.4 Å². The third-order valence-corrected chi connectivity index (χ3v) is 0.414. The summed E-state index contributed by atoms with van der Waals surface area (Å²) in [6.07, 6.45) is 0.545. The second-order valence-electron chi connectivity index (χ2n) is 0.908. The van der Waals surface area contributed by atoms with Crippen LogP contribution < -0.4 is 5.32 Å². The van der Waals surface area contributed by atoms with Crippen LogP contribution in [0.3, 0.4) is 0 Å². The lowest BCUT2D eigenvalue weighted by atomic mass is 10.5. The molecule has 0 atom stereocenters. The molecule has 0 aromatic carbocycles. The quantitative estimate of drug-likeness (QED) is 0.487. The van der Waals surface area contributed by atoms with Crippen molar-refractivity contribution >= 4 is 0 Å². The number of nitrogens with zero attached hydrogens (tertiary/aromatic N) is 1. The Morgan fingerprint density at radius 1 is 1.83 bits per heavy atom. The van der Waals surface area contributed by atoms with Crippen molar-refractivity contribution in [3.8, 4) is 6.07 Å². The fourth-order valence-corrected chi connectivity index (χ4v) is 0.144. The van der Waals surface area contributed by atoms with Crippen molar-refractivity contribution in [1.82, 2.24) is 5.32 Å². The Hall–Kier alpha value is -0.550. The summed E-state index contributed by atoms with van der Waals surface area (Å²) in [6, 6.07) is 1.97. The molecule has 0 bridgehead atoms. The van der Waals surface area contributed by atoms with E-state index < -0.39 is 0 Å². The first kappa shape index (κ1) is 5.45. The van der Waals surface area contributed by atoms with Crippen LogP contribution in [0.2, 0.25) is 0 Å². The van der Waals surface area contributed by atoms with Crippen LogP contribution in [0.25, 0.3) is 0 Å². The van der Waals surface area contributed by atoms with Gasteiger partial charge in [-0.15, -0.1) is 0 Å². The molecule has 0 aliphatic heterocycles. The van der Waals surface area contributed by atoms with E-state index in [0.717, 1.165) is 0 Å². The summed E-state index contributed by atoms with van der Waals surface area (Å²) in [5, 5.41) is 10.5. The summed E-state index contributed by atoms with van der Waals surface area (Å²) in [7, 11) is 3.32. The van der Waals surface area contributed by atoms with Crippen LogP contribution in [0.5, 0.6) is 0 Å². The monoisotopic (exact) mass is 83.1 g/mol. The highest BCUT2D eigenvalue weighted by Crippen LogP contribution is 1.64. The van der Waals surface area contributed by atoms with Crippen molar-refractivity contribution < 1.29 is 0 Å². The molecule has 0 amide bonds. The predicted octanol–water partition coefficient (Wildman–Crippen LogP) is 0.281. The van der Waals surface area contributed by atoms with Crippen molar-refractivity contribution in [2.75, 3.05) is 6.54 Å². The molecule has 0 heterocycles. The largest absolute Gasteiger partial charge is 0.314 e. The Morgan fingerprint density at radius 3 is 2.67 bits per heavy atom. The number of hydrogen-bond acceptors (Lipinski definition) is 2. The van der Waals surface area contributed by atoms with Gasteiger partial charge in [-0.25, -0.2) is 0 Å². The maximum atomic E-state index is 7.88. The van der Waals surface area contributed by atoms with E-state index in [0.29, 0.717) is 13.0 Å². The number of nitrogens with one attached hydrogen (secondary N) is 1. The lowest BCUT2D eigenvalue weighted by molar-refractivity contribution is 0.855. The van der Waals surface area contributed by atoms with Crippen molar-refractivity contribution in [3.05, 3.63) is 7.05 Å². The Bertz CT molecular complexity index is 53.1. The highest BCUT2D eigenvalue weighted by molar-refractivity contribution is 4.69. The van der Waals surface area contributed by atoms with E-state index in [1.807, 2.05) is 6.07 Å². The van der Waals surface area contributed by atoms with Crippen molar-refractivity contribution in [3.63, 3.8) is 0 Å². The van der Waals surface area contributed by atoms with Crippen molar-refractivity contribution in [2.24, 2.45) is 0 Å². The molecule has 0 aliphatic rings. The number of nitriles is 1. The highest BCUT2D eigenvalue weighted by atomic mass is 14.8. The minimum atomic E-state index is 0.545. The van der Waals surface area contributed by atoms with Crippen LogP contribution in [0.15, 0.2) is 0 Å². The minimum absolute atomic E-state index is 0.545. The van der Waals surface area contributed by atoms with Gasteiger partial charge in [-0.3, -0.25) is 0 Å². The molecule has 33 valence electrons. The van der Waals surface area contributed by atoms with E-state index in [1.165, 1.54) is 0 Å². The first-order valence-corrected chi connectivity index (χ1v) is 1.78. The summed E-state index contributed by atoms with van der Waals surface area (Å²) in [6.45, 7) is 0.691. The van der Waals surface area contributed by atoms with Gasteiger partial charge in [-0.2, -0.15) is 5.26 Å². The van der Waals surface area contributed by atoms with Gasteiger partial charge in [-0.05, 0) is 0 Å². The van der Waals surface area contributed by atoms with Gasteiger partial charge in [0.1, 0.15) is 0 Å². The van der Waals surface area contributed by atoms with Crippen molar-refractivity contribution in [1.29, 1.82) is 5.26 Å². The molecule has 1 N–H and O–H groups in total. The van der Waals surface area contributed by atoms with E-state index >= 15 is 0 Å². The normalized spacial score (nSPS) is 7.33. The van der Waals surface area contributed by atoms with Gasteiger partial charge in [0.2, 0.25) is 0 Å². The van der Waals surface area contributed by atoms with Gasteiger partial charge in [0.25, 0.3) is 0 Å². The molecule has 0 rings (SSSR count). The third-order valence-electron chi connectivity index (χ3n) is 0.414. The molecule has 1 radical (unpaired) electrons. The number of hydrogen-bond donors (Lipinski definition) is 1. The lowest BCUT2D eigenvalue weighted by Gasteiger charge is -1.82. The van der Waals surface area contributed by atoms with Gasteiger partial charge in [0, 0.05) is 20.0 Å². The van der Waals surface area contributed by atoms with Crippen LogP contribution in [-0.2, 0) is 0 Å². The van der Waals surface area contributed by atoms with E-state index in [9.17, 15) is 0 Å². The first-order chi connectivity index (χ1) is 2.91. The van der Waals surface area contributed by atoms with E-state index in [-0.39, 0.29) is 0 Å². The molecule has 0 fully saturated rings. The zero-order chi connectivity index (χ0) is 4.83. The lowest BCUT2D eigenvalue weighted by Crippen LogP contribution is -2.02. The maximum absolute atomic E-state index is 7.88. The minimum Gasteiger partial charge on any atom is -0.314 e. The van der Waals surface area contributed by atoms with Gasteiger partial charge in [0.05, 0.1) is 6.07 Å². The molecule has 2 heteroatoms. The molecule has 0 spiro atoms. The van der Waals surface area contributed by atoms with Crippen LogP contribution in [-0.4, -0.2) is 6.54 Å². The van der Waals surface area contributed by atoms with Crippen LogP contribution >= 0.6 is 0 Å². The zero-order valence-electron chi connectivity index (χ0n) is 3.57. The Balaban J connectivity index is 2.54. The van der Waals surface area contributed by atoms with Gasteiger partial charge >= 0.3 is 0 Å². The van der Waals surface area contributed by atoms with Crippen LogP contribution in [0.4, 0.5) is 0 Å². The summed E-state index contributed by atoms with van der Waals surface area (Å²) in [4.78, 5) is 0. The van der Waals surface area contributed by atoms with Crippen molar-refractivity contribution in [2.45, 2.75) is 6.42 Å². The average molecular weight is 83.1 g/mol. The standard InChI is InChI=1S/C4H7N2/c1-6-4-2-3-5/h6H,1-2,4H2. The van der Waals surface area contributed by atoms with Crippen LogP contribution in [0, 0.1) is 18.4 Å². The molecule has 0 aromatic rings. The fourth-order valence-electron chi connectivity index (χ4n) is 0.144. The smallest absolute Gasteiger partial charge is 0.0635 e. The topological polar surface area (TPSA) is 35.8 Å². The predicted molar refractivity (Wildman–Crippen MR) is 23.6 cm³/mol. The SMILES string of the molecule is [CH2]NCCC#N. The zero-order valence-corrected chi connectivity index (χ0v) is 3.57. The summed E-state index contributed by atoms with van der Waals surface area (Å²) >= 11 is 0. The van der Waals surface area contributed by atoms with Gasteiger partial charge in [0.15, 0.2) is 0 Å². The van der Waals surface area contributed by atoms with Crippen LogP contribution in [0.1, 0.15) is 6.42 Å². The molecular formula is C4H7N2. The first-order valence-electron chi connectivity index (χ1n) is 1.78. The Labute approximate surface area is 37.8 Å². The molecule has 0 unspecified atom stereocenters. The highest BCUT2D eigenvalue weighted by Gasteiger charge is 1.72. The van der Waals surface area contributed by atoms with E-state index in [4.69, 9.17) is 5.26 Å². The second-order valence-corrected chi connectivity index (χ2v) is 0.908. The van der Waals surface area contributed by atoms with E-state index in [1.54, 1.807) is 0 Å². The average Bonchev–Trinajstić information content (AvgIpc) is 1.61. The summed E-state index contributed by atoms with van der Waals surface area (Å²) in [5.41, 5.74) is 0. The molecule has 0 aliphatic carbocycles. The molecule has 6 heavy (non-hydrogen) atoms. The molecular weight excluding hydrogens is 76.1 g/mol. The fraction of sp³-hybridized carbons (Fsp3) is 0.500. The maximum Gasteiger partial charge on any atom is 0.0635 e. The molecule has 0 saturated carbocycles. The van der Waals surface area contributed by atoms with Gasteiger partial charge < -0.3 is 5.32 Å². The molecule has 2 nitrogen and oxygen atoms in total. The van der Waals surface area contributed by atoms with Gasteiger partial charge in [-0.1, -0.05) is 0 Å². The summed E-state index contributed by atoms with van der Waals surface area (Å²) in [5.74, 6) is 0. The third kappa shape index (κ3) is 3.45. The summed E-state index contributed by atoms with van der Waals surface area (Å²) < 4.78 is 0. The number of rotatable bonds is 2. The second kappa shape index (κ2) is 4.45.